The maximum atomic E-state index is 13.3. The van der Waals surface area contributed by atoms with Gasteiger partial charge >= 0.3 is 5.97 Å². The second-order valence-electron chi connectivity index (χ2n) is 10.3. The molecule has 0 radical (unpaired) electrons. The van der Waals surface area contributed by atoms with E-state index in [1.165, 1.54) is 0 Å². The molecule has 7 nitrogen and oxygen atoms in total. The first kappa shape index (κ1) is 28.4. The molecule has 0 aromatic carbocycles. The maximum Gasteiger partial charge on any atom is 0.311 e. The van der Waals surface area contributed by atoms with Crippen molar-refractivity contribution in [3.05, 3.63) is 0 Å². The third kappa shape index (κ3) is 8.38. The highest BCUT2D eigenvalue weighted by Crippen LogP contribution is 2.42. The molecule has 1 rings (SSSR count). The van der Waals surface area contributed by atoms with Crippen LogP contribution in [0.1, 0.15) is 86.0 Å². The lowest BCUT2D eigenvalue weighted by molar-refractivity contribution is -0.160. The molecule has 0 spiro atoms. The summed E-state index contributed by atoms with van der Waals surface area (Å²) in [6, 6.07) is -0.0713. The second-order valence-corrected chi connectivity index (χ2v) is 10.3. The van der Waals surface area contributed by atoms with E-state index >= 15 is 0 Å². The van der Waals surface area contributed by atoms with Crippen molar-refractivity contribution in [2.45, 2.75) is 92.0 Å². The van der Waals surface area contributed by atoms with E-state index in [1.807, 2.05) is 46.7 Å². The molecule has 1 heterocycles. The van der Waals surface area contributed by atoms with Crippen molar-refractivity contribution in [2.24, 2.45) is 10.8 Å². The van der Waals surface area contributed by atoms with Crippen LogP contribution >= 0.6 is 0 Å². The first-order valence-corrected chi connectivity index (χ1v) is 12.4. The van der Waals surface area contributed by atoms with Crippen molar-refractivity contribution >= 4 is 17.8 Å². The van der Waals surface area contributed by atoms with E-state index in [1.54, 1.807) is 0 Å². The van der Waals surface area contributed by atoms with Gasteiger partial charge in [-0.3, -0.25) is 14.4 Å². The Morgan fingerprint density at radius 3 is 2.41 bits per heavy atom. The number of likely N-dealkylation sites (tertiary alicyclic amines) is 1. The molecule has 32 heavy (non-hydrogen) atoms. The predicted molar refractivity (Wildman–Crippen MR) is 128 cm³/mol. The molecule has 1 saturated heterocycles. The van der Waals surface area contributed by atoms with Crippen LogP contribution in [0.4, 0.5) is 0 Å². The molecule has 1 aliphatic rings. The van der Waals surface area contributed by atoms with Crippen LogP contribution in [0.2, 0.25) is 0 Å². The Balaban J connectivity index is 2.98. The van der Waals surface area contributed by atoms with Crippen LogP contribution < -0.4 is 5.32 Å². The summed E-state index contributed by atoms with van der Waals surface area (Å²) in [4.78, 5) is 42.7. The van der Waals surface area contributed by atoms with Gasteiger partial charge in [-0.15, -0.1) is 0 Å². The van der Waals surface area contributed by atoms with Crippen LogP contribution in [0.15, 0.2) is 0 Å². The van der Waals surface area contributed by atoms with Gasteiger partial charge in [0.15, 0.2) is 0 Å². The number of amides is 2. The molecule has 3 unspecified atom stereocenters. The molecule has 0 aromatic heterocycles. The van der Waals surface area contributed by atoms with Crippen molar-refractivity contribution < 1.29 is 19.1 Å². The smallest absolute Gasteiger partial charge is 0.311 e. The van der Waals surface area contributed by atoms with Crippen molar-refractivity contribution in [1.29, 1.82) is 0 Å². The van der Waals surface area contributed by atoms with Crippen LogP contribution in [0.25, 0.3) is 0 Å². The number of unbranched alkanes of at least 4 members (excludes halogenated alkanes) is 1. The molecule has 1 aliphatic heterocycles. The Hall–Kier alpha value is -1.63. The zero-order valence-corrected chi connectivity index (χ0v) is 21.6. The molecule has 2 amide bonds. The van der Waals surface area contributed by atoms with Gasteiger partial charge in [0, 0.05) is 31.0 Å². The topological polar surface area (TPSA) is 78.9 Å². The lowest BCUT2D eigenvalue weighted by atomic mass is 9.68. The van der Waals surface area contributed by atoms with E-state index in [0.29, 0.717) is 38.8 Å². The number of ether oxygens (including phenoxy) is 1. The number of nitrogens with one attached hydrogen (secondary N) is 1. The summed E-state index contributed by atoms with van der Waals surface area (Å²) in [7, 11) is 4.03. The van der Waals surface area contributed by atoms with Crippen molar-refractivity contribution in [3.63, 3.8) is 0 Å². The zero-order valence-electron chi connectivity index (χ0n) is 21.6. The highest BCUT2D eigenvalue weighted by atomic mass is 16.5. The quantitative estimate of drug-likeness (QED) is 0.303. The minimum absolute atomic E-state index is 0.0174. The number of carbonyl (C=O) groups excluding carboxylic acids is 3. The zero-order chi connectivity index (χ0) is 24.4. The first-order chi connectivity index (χ1) is 15.0. The molecule has 0 saturated carbocycles. The minimum Gasteiger partial charge on any atom is -0.465 e. The van der Waals surface area contributed by atoms with Crippen molar-refractivity contribution in [1.82, 2.24) is 15.1 Å². The molecular formula is C25H47N3O4. The van der Waals surface area contributed by atoms with Gasteiger partial charge in [0.1, 0.15) is 0 Å². The Morgan fingerprint density at radius 2 is 1.88 bits per heavy atom. The molecule has 0 bridgehead atoms. The third-order valence-electron chi connectivity index (χ3n) is 6.79. The molecule has 3 atom stereocenters. The molecule has 0 aromatic rings. The van der Waals surface area contributed by atoms with Crippen molar-refractivity contribution in [3.8, 4) is 0 Å². The van der Waals surface area contributed by atoms with Crippen LogP contribution in [0.3, 0.4) is 0 Å². The SMILES string of the molecule is CCCCOC(=O)C(C)(CC(C)N1CCCC1=O)CC(C)(CC)C(=O)NCCCN(C)C. The number of hydrogen-bond donors (Lipinski definition) is 1. The lowest BCUT2D eigenvalue weighted by Crippen LogP contribution is -2.47. The van der Waals surface area contributed by atoms with Gasteiger partial charge in [-0.1, -0.05) is 27.2 Å². The fourth-order valence-electron chi connectivity index (χ4n) is 4.65. The molecule has 0 aliphatic carbocycles. The normalized spacial score (nSPS) is 18.9. The van der Waals surface area contributed by atoms with E-state index in [4.69, 9.17) is 4.74 Å². The average molecular weight is 454 g/mol. The number of hydrogen-bond acceptors (Lipinski definition) is 5. The minimum atomic E-state index is -0.845. The fourth-order valence-corrected chi connectivity index (χ4v) is 4.65. The summed E-state index contributed by atoms with van der Waals surface area (Å²) in [5, 5.41) is 3.08. The summed E-state index contributed by atoms with van der Waals surface area (Å²) in [5.41, 5.74) is -1.53. The summed E-state index contributed by atoms with van der Waals surface area (Å²) < 4.78 is 5.65. The third-order valence-corrected chi connectivity index (χ3v) is 6.79. The van der Waals surface area contributed by atoms with Gasteiger partial charge in [0.2, 0.25) is 11.8 Å². The van der Waals surface area contributed by atoms with Crippen LogP contribution in [0.5, 0.6) is 0 Å². The number of nitrogens with zero attached hydrogens (tertiary/aromatic N) is 2. The van der Waals surface area contributed by atoms with Crippen molar-refractivity contribution in [2.75, 3.05) is 40.3 Å². The summed E-state index contributed by atoms with van der Waals surface area (Å²) in [5.74, 6) is -0.128. The number of esters is 1. The Bertz CT molecular complexity index is 624. The van der Waals surface area contributed by atoms with Gasteiger partial charge in [-0.2, -0.15) is 0 Å². The highest BCUT2D eigenvalue weighted by molar-refractivity contribution is 5.84. The molecule has 186 valence electrons. The second kappa shape index (κ2) is 13.2. The largest absolute Gasteiger partial charge is 0.465 e. The molecule has 1 N–H and O–H groups in total. The Labute approximate surface area is 195 Å². The van der Waals surface area contributed by atoms with E-state index < -0.39 is 10.8 Å². The van der Waals surface area contributed by atoms with E-state index in [2.05, 4.69) is 17.1 Å². The van der Waals surface area contributed by atoms with Gasteiger partial charge in [0.05, 0.1) is 12.0 Å². The predicted octanol–water partition coefficient (Wildman–Crippen LogP) is 3.61. The number of carbonyl (C=O) groups is 3. The standard InChI is InChI=1S/C25H47N3O4/c1-8-10-17-32-23(31)25(5,18-20(3)28-16-11-13-21(28)29)19-24(4,9-2)22(30)26-14-12-15-27(6)7/h20H,8-19H2,1-7H3,(H,26,30). The Morgan fingerprint density at radius 1 is 1.19 bits per heavy atom. The Kier molecular flexibility index (Phi) is 11.7. The van der Waals surface area contributed by atoms with Gasteiger partial charge in [-0.25, -0.2) is 0 Å². The van der Waals surface area contributed by atoms with E-state index in [-0.39, 0.29) is 23.8 Å². The average Bonchev–Trinajstić information content (AvgIpc) is 3.16. The van der Waals surface area contributed by atoms with Gasteiger partial charge in [-0.05, 0) is 73.0 Å². The van der Waals surface area contributed by atoms with Crippen LogP contribution in [-0.2, 0) is 19.1 Å². The first-order valence-electron chi connectivity index (χ1n) is 12.4. The lowest BCUT2D eigenvalue weighted by Gasteiger charge is -2.39. The monoisotopic (exact) mass is 453 g/mol. The van der Waals surface area contributed by atoms with Gasteiger partial charge < -0.3 is 19.9 Å². The maximum absolute atomic E-state index is 13.3. The molecule has 1 fully saturated rings. The molecular weight excluding hydrogens is 406 g/mol. The summed E-state index contributed by atoms with van der Waals surface area (Å²) >= 11 is 0. The van der Waals surface area contributed by atoms with E-state index in [0.717, 1.165) is 38.8 Å². The van der Waals surface area contributed by atoms with E-state index in [9.17, 15) is 14.4 Å². The highest BCUT2D eigenvalue weighted by Gasteiger charge is 2.46. The molecule has 7 heteroatoms. The van der Waals surface area contributed by atoms with Gasteiger partial charge in [0.25, 0.3) is 0 Å². The van der Waals surface area contributed by atoms with Crippen LogP contribution in [0, 0.1) is 10.8 Å². The van der Waals surface area contributed by atoms with Crippen LogP contribution in [-0.4, -0.2) is 74.0 Å². The summed E-state index contributed by atoms with van der Waals surface area (Å²) in [6.07, 6.45) is 5.60. The number of rotatable bonds is 15. The summed E-state index contributed by atoms with van der Waals surface area (Å²) in [6.45, 7) is 12.6. The fraction of sp³-hybridized carbons (Fsp3) is 0.880.